The van der Waals surface area contributed by atoms with E-state index in [-0.39, 0.29) is 11.8 Å². The van der Waals surface area contributed by atoms with E-state index in [1.165, 1.54) is 0 Å². The fourth-order valence-corrected chi connectivity index (χ4v) is 1.98. The van der Waals surface area contributed by atoms with E-state index in [0.717, 1.165) is 0 Å². The second-order valence-corrected chi connectivity index (χ2v) is 3.36. The normalized spacial score (nSPS) is 36.5. The van der Waals surface area contributed by atoms with Gasteiger partial charge in [0.15, 0.2) is 5.50 Å². The molecule has 0 aromatic rings. The summed E-state index contributed by atoms with van der Waals surface area (Å²) >= 11 is 0.244. The molecule has 0 amide bonds. The van der Waals surface area contributed by atoms with E-state index in [9.17, 15) is 22.0 Å². The number of rotatable bonds is 1. The van der Waals surface area contributed by atoms with Crippen LogP contribution in [0.3, 0.4) is 0 Å². The lowest BCUT2D eigenvalue weighted by Gasteiger charge is -2.17. The number of halogens is 5. The number of thioether (sulfide) groups is 1. The number of alkyl halides is 5. The summed E-state index contributed by atoms with van der Waals surface area (Å²) in [4.78, 5) is 0. The maximum atomic E-state index is 12.4. The Labute approximate surface area is 64.1 Å². The molecule has 11 heavy (non-hydrogen) atoms. The molecule has 1 heterocycles. The van der Waals surface area contributed by atoms with Gasteiger partial charge in [-0.3, -0.25) is 0 Å². The minimum absolute atomic E-state index is 0.244. The van der Waals surface area contributed by atoms with Gasteiger partial charge in [0.2, 0.25) is 0 Å². The Bertz CT molecular complexity index is 148. The third-order valence-corrected chi connectivity index (χ3v) is 2.64. The Hall–Kier alpha value is -0.0000000000000000555. The first-order chi connectivity index (χ1) is 4.95. The average molecular weight is 192 g/mol. The Morgan fingerprint density at radius 1 is 1.36 bits per heavy atom. The minimum Gasteiger partial charge on any atom is -0.235 e. The summed E-state index contributed by atoms with van der Waals surface area (Å²) in [5.41, 5.74) is -2.13. The number of hydrogen-bond donors (Lipinski definition) is 0. The summed E-state index contributed by atoms with van der Waals surface area (Å²) in [6, 6.07) is 0. The zero-order valence-corrected chi connectivity index (χ0v) is 6.05. The summed E-state index contributed by atoms with van der Waals surface area (Å²) in [6.45, 7) is 0. The van der Waals surface area contributed by atoms with E-state index >= 15 is 0 Å². The average Bonchev–Trinajstić information content (AvgIpc) is 2.06. The molecule has 2 atom stereocenters. The topological polar surface area (TPSA) is 0 Å². The van der Waals surface area contributed by atoms with Crippen molar-refractivity contribution in [1.82, 2.24) is 0 Å². The van der Waals surface area contributed by atoms with Gasteiger partial charge in [-0.15, -0.1) is 11.8 Å². The highest BCUT2D eigenvalue weighted by molar-refractivity contribution is 8.00. The summed E-state index contributed by atoms with van der Waals surface area (Å²) < 4.78 is 60.6. The molecule has 0 saturated carbocycles. The minimum atomic E-state index is -3.56. The molecule has 0 aliphatic carbocycles. The fraction of sp³-hybridized carbons (Fsp3) is 1.00. The molecule has 2 unspecified atom stereocenters. The van der Waals surface area contributed by atoms with Crippen molar-refractivity contribution >= 4 is 11.8 Å². The van der Waals surface area contributed by atoms with Crippen LogP contribution in [-0.4, -0.2) is 23.6 Å². The molecule has 6 heteroatoms. The van der Waals surface area contributed by atoms with E-state index in [1.54, 1.807) is 0 Å². The van der Waals surface area contributed by atoms with Crippen LogP contribution in [0.4, 0.5) is 22.0 Å². The van der Waals surface area contributed by atoms with Crippen LogP contribution in [0.1, 0.15) is 0 Å². The van der Waals surface area contributed by atoms with Crippen molar-refractivity contribution < 1.29 is 22.0 Å². The van der Waals surface area contributed by atoms with Crippen LogP contribution in [0.15, 0.2) is 0 Å². The Kier molecular flexibility index (Phi) is 2.32. The van der Waals surface area contributed by atoms with E-state index in [1.807, 2.05) is 0 Å². The summed E-state index contributed by atoms with van der Waals surface area (Å²) in [6.07, 6.45) is -3.28. The van der Waals surface area contributed by atoms with Gasteiger partial charge in [0.1, 0.15) is 5.92 Å². The van der Waals surface area contributed by atoms with Gasteiger partial charge >= 0.3 is 0 Å². The summed E-state index contributed by atoms with van der Waals surface area (Å²) in [5, 5.41) is 0. The van der Waals surface area contributed by atoms with Crippen LogP contribution in [0.5, 0.6) is 0 Å². The first kappa shape index (κ1) is 9.09. The van der Waals surface area contributed by atoms with Crippen molar-refractivity contribution in [3.63, 3.8) is 0 Å². The molecule has 0 bridgehead atoms. The van der Waals surface area contributed by atoms with Crippen molar-refractivity contribution in [2.75, 3.05) is 5.75 Å². The highest BCUT2D eigenvalue weighted by Gasteiger charge is 2.56. The molecule has 1 rings (SSSR count). The molecule has 1 saturated heterocycles. The zero-order chi connectivity index (χ0) is 8.65. The first-order valence-corrected chi connectivity index (χ1v) is 3.91. The molecule has 1 fully saturated rings. The standard InChI is InChI=1S/C5H5F5S/c6-3(7)2-4(8)11-1-5(2,9)10/h2-4H,1H2. The van der Waals surface area contributed by atoms with Crippen molar-refractivity contribution in [3.05, 3.63) is 0 Å². The second-order valence-electron chi connectivity index (χ2n) is 2.28. The lowest BCUT2D eigenvalue weighted by molar-refractivity contribution is -0.102. The zero-order valence-electron chi connectivity index (χ0n) is 5.24. The molecule has 0 aromatic heterocycles. The SMILES string of the molecule is FC(F)C1C(F)SCC1(F)F. The van der Waals surface area contributed by atoms with Gasteiger partial charge in [-0.25, -0.2) is 22.0 Å². The van der Waals surface area contributed by atoms with Crippen LogP contribution in [0.25, 0.3) is 0 Å². The van der Waals surface area contributed by atoms with Crippen LogP contribution in [-0.2, 0) is 0 Å². The van der Waals surface area contributed by atoms with Gasteiger partial charge < -0.3 is 0 Å². The maximum absolute atomic E-state index is 12.4. The third-order valence-electron chi connectivity index (χ3n) is 1.48. The molecule has 1 aliphatic rings. The highest BCUT2D eigenvalue weighted by atomic mass is 32.2. The van der Waals surface area contributed by atoms with E-state index < -0.39 is 29.5 Å². The molecule has 66 valence electrons. The van der Waals surface area contributed by atoms with Crippen molar-refractivity contribution in [2.45, 2.75) is 17.9 Å². The quantitative estimate of drug-likeness (QED) is 0.575. The number of hydrogen-bond acceptors (Lipinski definition) is 1. The smallest absolute Gasteiger partial charge is 0.235 e. The first-order valence-electron chi connectivity index (χ1n) is 2.87. The summed E-state index contributed by atoms with van der Waals surface area (Å²) in [7, 11) is 0. The van der Waals surface area contributed by atoms with Crippen LogP contribution < -0.4 is 0 Å². The lowest BCUT2D eigenvalue weighted by Crippen LogP contribution is -2.34. The van der Waals surface area contributed by atoms with E-state index in [2.05, 4.69) is 0 Å². The molecule has 0 nitrogen and oxygen atoms in total. The molecular weight excluding hydrogens is 187 g/mol. The molecule has 0 aromatic carbocycles. The van der Waals surface area contributed by atoms with E-state index in [4.69, 9.17) is 0 Å². The monoisotopic (exact) mass is 192 g/mol. The summed E-state index contributed by atoms with van der Waals surface area (Å²) in [5.74, 6) is -6.82. The fourth-order valence-electron chi connectivity index (χ4n) is 0.881. The van der Waals surface area contributed by atoms with Gasteiger partial charge in [-0.1, -0.05) is 0 Å². The van der Waals surface area contributed by atoms with Crippen molar-refractivity contribution in [3.8, 4) is 0 Å². The van der Waals surface area contributed by atoms with E-state index in [0.29, 0.717) is 0 Å². The molecule has 1 aliphatic heterocycles. The maximum Gasteiger partial charge on any atom is 0.269 e. The van der Waals surface area contributed by atoms with Crippen molar-refractivity contribution in [2.24, 2.45) is 5.92 Å². The van der Waals surface area contributed by atoms with Crippen LogP contribution in [0.2, 0.25) is 0 Å². The predicted molar refractivity (Wildman–Crippen MR) is 31.8 cm³/mol. The van der Waals surface area contributed by atoms with Crippen molar-refractivity contribution in [1.29, 1.82) is 0 Å². The van der Waals surface area contributed by atoms with Gasteiger partial charge in [0, 0.05) is 0 Å². The van der Waals surface area contributed by atoms with Gasteiger partial charge in [0.05, 0.1) is 5.75 Å². The Morgan fingerprint density at radius 3 is 2.09 bits per heavy atom. The highest BCUT2D eigenvalue weighted by Crippen LogP contribution is 2.47. The molecule has 0 radical (unpaired) electrons. The Balaban J connectivity index is 2.72. The van der Waals surface area contributed by atoms with Gasteiger partial charge in [-0.2, -0.15) is 0 Å². The van der Waals surface area contributed by atoms with Gasteiger partial charge in [-0.05, 0) is 0 Å². The molecule has 0 spiro atoms. The molecule has 0 N–H and O–H groups in total. The van der Waals surface area contributed by atoms with Gasteiger partial charge in [0.25, 0.3) is 12.3 Å². The lowest BCUT2D eigenvalue weighted by atomic mass is 10.1. The third kappa shape index (κ3) is 1.60. The predicted octanol–water partition coefficient (Wildman–Crippen LogP) is 2.55. The Morgan fingerprint density at radius 2 is 1.91 bits per heavy atom. The largest absolute Gasteiger partial charge is 0.269 e. The van der Waals surface area contributed by atoms with Crippen LogP contribution in [0, 0.1) is 5.92 Å². The second kappa shape index (κ2) is 2.80. The molecular formula is C5H5F5S. The van der Waals surface area contributed by atoms with Crippen LogP contribution >= 0.6 is 11.8 Å².